The van der Waals surface area contributed by atoms with E-state index in [1.165, 1.54) is 0 Å². The molecule has 2 aliphatic rings. The number of amides is 2. The van der Waals surface area contributed by atoms with Crippen molar-refractivity contribution >= 4 is 11.8 Å². The summed E-state index contributed by atoms with van der Waals surface area (Å²) in [6, 6.07) is 0.232. The number of piperidine rings is 1. The molecule has 1 aromatic rings. The van der Waals surface area contributed by atoms with Gasteiger partial charge in [0.2, 0.25) is 11.8 Å². The summed E-state index contributed by atoms with van der Waals surface area (Å²) in [5.41, 5.74) is 1.63. The Bertz CT molecular complexity index is 651. The maximum atomic E-state index is 12.9. The maximum absolute atomic E-state index is 12.9. The number of nitrogens with zero attached hydrogens (tertiary/aromatic N) is 4. The molecule has 0 aromatic carbocycles. The second kappa shape index (κ2) is 6.22. The second-order valence-electron chi connectivity index (χ2n) is 7.58. The number of hydrogen-bond acceptors (Lipinski definition) is 3. The Morgan fingerprint density at radius 2 is 2.04 bits per heavy atom. The maximum Gasteiger partial charge on any atom is 0.242 e. The molecule has 132 valence electrons. The number of imidazole rings is 1. The van der Waals surface area contributed by atoms with Crippen LogP contribution in [-0.2, 0) is 16.1 Å². The van der Waals surface area contributed by atoms with Crippen molar-refractivity contribution in [2.24, 2.45) is 5.41 Å². The van der Waals surface area contributed by atoms with E-state index in [4.69, 9.17) is 0 Å². The molecular weight excluding hydrogens is 304 g/mol. The zero-order chi connectivity index (χ0) is 17.5. The lowest BCUT2D eigenvalue weighted by Crippen LogP contribution is -2.52. The van der Waals surface area contributed by atoms with E-state index in [1.54, 1.807) is 6.33 Å². The molecule has 6 nitrogen and oxygen atoms in total. The Labute approximate surface area is 143 Å². The molecule has 2 saturated heterocycles. The second-order valence-corrected chi connectivity index (χ2v) is 7.58. The molecule has 1 atom stereocenters. The molecule has 2 amide bonds. The highest BCUT2D eigenvalue weighted by Crippen LogP contribution is 2.40. The number of aryl methyl sites for hydroxylation is 1. The topological polar surface area (TPSA) is 58.4 Å². The third kappa shape index (κ3) is 2.82. The number of carbonyl (C=O) groups excluding carboxylic acids is 2. The summed E-state index contributed by atoms with van der Waals surface area (Å²) < 4.78 is 1.89. The minimum Gasteiger partial charge on any atom is -0.340 e. The van der Waals surface area contributed by atoms with E-state index in [9.17, 15) is 9.59 Å². The van der Waals surface area contributed by atoms with Gasteiger partial charge in [0.1, 0.15) is 6.54 Å². The first-order valence-corrected chi connectivity index (χ1v) is 8.91. The van der Waals surface area contributed by atoms with Crippen LogP contribution in [-0.4, -0.2) is 56.8 Å². The van der Waals surface area contributed by atoms with Crippen LogP contribution in [0.3, 0.4) is 0 Å². The smallest absolute Gasteiger partial charge is 0.242 e. The summed E-state index contributed by atoms with van der Waals surface area (Å²) in [7, 11) is 0. The third-order valence-electron chi connectivity index (χ3n) is 5.75. The van der Waals surface area contributed by atoms with E-state index >= 15 is 0 Å². The first-order valence-electron chi connectivity index (χ1n) is 8.91. The molecule has 2 aliphatic heterocycles. The van der Waals surface area contributed by atoms with Crippen molar-refractivity contribution in [2.75, 3.05) is 19.6 Å². The van der Waals surface area contributed by atoms with Crippen LogP contribution in [0.25, 0.3) is 0 Å². The largest absolute Gasteiger partial charge is 0.340 e. The Morgan fingerprint density at radius 1 is 1.29 bits per heavy atom. The van der Waals surface area contributed by atoms with Crippen LogP contribution in [0.5, 0.6) is 0 Å². The molecule has 6 heteroatoms. The molecule has 3 heterocycles. The molecular formula is C18H28N4O2. The normalized spacial score (nSPS) is 24.5. The van der Waals surface area contributed by atoms with Crippen molar-refractivity contribution < 1.29 is 9.59 Å². The quantitative estimate of drug-likeness (QED) is 0.847. The van der Waals surface area contributed by atoms with Gasteiger partial charge < -0.3 is 14.4 Å². The molecule has 1 spiro atoms. The minimum absolute atomic E-state index is 0.0850. The van der Waals surface area contributed by atoms with Gasteiger partial charge in [-0.15, -0.1) is 0 Å². The summed E-state index contributed by atoms with van der Waals surface area (Å²) in [4.78, 5) is 33.7. The fourth-order valence-corrected chi connectivity index (χ4v) is 4.01. The fraction of sp³-hybridized carbons (Fsp3) is 0.722. The van der Waals surface area contributed by atoms with E-state index in [1.807, 2.05) is 28.2 Å². The molecule has 0 saturated carbocycles. The van der Waals surface area contributed by atoms with Crippen LogP contribution in [0.15, 0.2) is 6.33 Å². The van der Waals surface area contributed by atoms with Crippen LogP contribution in [0.4, 0.5) is 0 Å². The van der Waals surface area contributed by atoms with Crippen molar-refractivity contribution in [3.8, 4) is 0 Å². The predicted molar refractivity (Wildman–Crippen MR) is 91.4 cm³/mol. The Hall–Kier alpha value is -1.85. The fourth-order valence-electron chi connectivity index (χ4n) is 4.01. The van der Waals surface area contributed by atoms with Crippen LogP contribution in [0.1, 0.15) is 44.5 Å². The lowest BCUT2D eigenvalue weighted by atomic mass is 9.78. The Balaban J connectivity index is 1.69. The van der Waals surface area contributed by atoms with E-state index in [-0.39, 0.29) is 23.3 Å². The highest BCUT2D eigenvalue weighted by molar-refractivity contribution is 5.86. The molecule has 1 aromatic heterocycles. The lowest BCUT2D eigenvalue weighted by molar-refractivity contribution is -0.148. The van der Waals surface area contributed by atoms with Crippen molar-refractivity contribution in [1.29, 1.82) is 0 Å². The lowest BCUT2D eigenvalue weighted by Gasteiger charge is -2.41. The molecule has 0 N–H and O–H groups in total. The van der Waals surface area contributed by atoms with Gasteiger partial charge >= 0.3 is 0 Å². The number of likely N-dealkylation sites (tertiary alicyclic amines) is 2. The highest BCUT2D eigenvalue weighted by Gasteiger charge is 2.49. The Morgan fingerprint density at radius 3 is 2.67 bits per heavy atom. The highest BCUT2D eigenvalue weighted by atomic mass is 16.2. The van der Waals surface area contributed by atoms with Gasteiger partial charge in [-0.2, -0.15) is 0 Å². The summed E-state index contributed by atoms with van der Waals surface area (Å²) in [5, 5.41) is 0. The van der Waals surface area contributed by atoms with E-state index < -0.39 is 0 Å². The summed E-state index contributed by atoms with van der Waals surface area (Å²) >= 11 is 0. The molecule has 0 aliphatic carbocycles. The summed E-state index contributed by atoms with van der Waals surface area (Å²) in [5.74, 6) is 0.329. The predicted octanol–water partition coefficient (Wildman–Crippen LogP) is 1.75. The standard InChI is InChI=1S/C18H28N4O2/c1-13(2)22-8-5-6-18(17(22)24)7-9-20(11-18)16(23)10-21-12-19-14(3)15(21)4/h12-13H,5-11H2,1-4H3. The van der Waals surface area contributed by atoms with Gasteiger partial charge in [0.15, 0.2) is 0 Å². The zero-order valence-electron chi connectivity index (χ0n) is 15.2. The van der Waals surface area contributed by atoms with Gasteiger partial charge in [0.25, 0.3) is 0 Å². The van der Waals surface area contributed by atoms with Gasteiger partial charge in [0.05, 0.1) is 17.4 Å². The van der Waals surface area contributed by atoms with Gasteiger partial charge in [-0.1, -0.05) is 0 Å². The first-order chi connectivity index (χ1) is 11.3. The van der Waals surface area contributed by atoms with E-state index in [0.717, 1.165) is 37.2 Å². The van der Waals surface area contributed by atoms with Crippen LogP contribution in [0.2, 0.25) is 0 Å². The number of carbonyl (C=O) groups is 2. The van der Waals surface area contributed by atoms with E-state index in [2.05, 4.69) is 18.8 Å². The van der Waals surface area contributed by atoms with E-state index in [0.29, 0.717) is 19.6 Å². The van der Waals surface area contributed by atoms with Crippen molar-refractivity contribution in [3.63, 3.8) is 0 Å². The molecule has 3 rings (SSSR count). The van der Waals surface area contributed by atoms with Gasteiger partial charge in [-0.05, 0) is 47.0 Å². The van der Waals surface area contributed by atoms with Gasteiger partial charge in [-0.3, -0.25) is 9.59 Å². The number of hydrogen-bond donors (Lipinski definition) is 0. The van der Waals surface area contributed by atoms with Crippen LogP contribution < -0.4 is 0 Å². The molecule has 1 unspecified atom stereocenters. The first kappa shape index (κ1) is 17.0. The van der Waals surface area contributed by atoms with Gasteiger partial charge in [-0.25, -0.2) is 4.98 Å². The zero-order valence-corrected chi connectivity index (χ0v) is 15.2. The average Bonchev–Trinajstić information content (AvgIpc) is 3.10. The molecule has 2 fully saturated rings. The molecule has 0 bridgehead atoms. The third-order valence-corrected chi connectivity index (χ3v) is 5.75. The van der Waals surface area contributed by atoms with Crippen molar-refractivity contribution in [3.05, 3.63) is 17.7 Å². The van der Waals surface area contributed by atoms with Crippen LogP contribution >= 0.6 is 0 Å². The van der Waals surface area contributed by atoms with Crippen molar-refractivity contribution in [2.45, 2.75) is 59.5 Å². The SMILES string of the molecule is Cc1ncn(CC(=O)N2CCC3(CCCN(C(C)C)C3=O)C2)c1C. The summed E-state index contributed by atoms with van der Waals surface area (Å²) in [6.45, 7) is 10.5. The summed E-state index contributed by atoms with van der Waals surface area (Å²) in [6.07, 6.45) is 4.46. The van der Waals surface area contributed by atoms with Crippen LogP contribution in [0, 0.1) is 19.3 Å². The van der Waals surface area contributed by atoms with Gasteiger partial charge in [0, 0.05) is 31.4 Å². The monoisotopic (exact) mass is 332 g/mol. The minimum atomic E-state index is -0.349. The average molecular weight is 332 g/mol. The number of rotatable bonds is 3. The molecule has 0 radical (unpaired) electrons. The Kier molecular flexibility index (Phi) is 4.40. The number of aromatic nitrogens is 2. The van der Waals surface area contributed by atoms with Crippen molar-refractivity contribution in [1.82, 2.24) is 19.4 Å². The molecule has 24 heavy (non-hydrogen) atoms.